The molecular formula is C25H48O5. The van der Waals surface area contributed by atoms with Crippen LogP contribution in [0.25, 0.3) is 0 Å². The summed E-state index contributed by atoms with van der Waals surface area (Å²) < 4.78 is 10.9. The van der Waals surface area contributed by atoms with Crippen LogP contribution in [-0.2, 0) is 9.47 Å². The lowest BCUT2D eigenvalue weighted by Crippen LogP contribution is -2.55. The van der Waals surface area contributed by atoms with Crippen LogP contribution in [0.3, 0.4) is 0 Å². The van der Waals surface area contributed by atoms with Crippen molar-refractivity contribution in [2.24, 2.45) is 0 Å². The number of aliphatic hydroxyl groups excluding tert-OH is 3. The molecule has 4 atom stereocenters. The molecule has 0 aliphatic carbocycles. The highest BCUT2D eigenvalue weighted by molar-refractivity contribution is 4.87. The molecule has 178 valence electrons. The normalized spacial score (nSPS) is 24.7. The molecule has 5 heteroatoms. The lowest BCUT2D eigenvalue weighted by atomic mass is 10.0. The van der Waals surface area contributed by atoms with Crippen molar-refractivity contribution in [3.05, 3.63) is 12.2 Å². The van der Waals surface area contributed by atoms with Gasteiger partial charge in [-0.1, -0.05) is 83.3 Å². The number of hydrogen-bond donors (Lipinski definition) is 3. The molecule has 0 aromatic carbocycles. The fourth-order valence-corrected chi connectivity index (χ4v) is 3.97. The summed E-state index contributed by atoms with van der Waals surface area (Å²) in [6.45, 7) is 2.63. The molecule has 0 radical (unpaired) electrons. The molecule has 30 heavy (non-hydrogen) atoms. The van der Waals surface area contributed by atoms with Gasteiger partial charge in [0.15, 0.2) is 0 Å². The average Bonchev–Trinajstić information content (AvgIpc) is 2.75. The number of rotatable bonds is 19. The molecule has 0 aromatic rings. The van der Waals surface area contributed by atoms with Crippen molar-refractivity contribution in [1.29, 1.82) is 0 Å². The second-order valence-corrected chi connectivity index (χ2v) is 8.74. The van der Waals surface area contributed by atoms with Crippen LogP contribution in [0.15, 0.2) is 12.2 Å². The molecule has 0 saturated carbocycles. The second kappa shape index (κ2) is 19.2. The Morgan fingerprint density at radius 2 is 1.33 bits per heavy atom. The van der Waals surface area contributed by atoms with Crippen molar-refractivity contribution in [3.63, 3.8) is 0 Å². The number of ether oxygens (including phenoxy) is 2. The van der Waals surface area contributed by atoms with Gasteiger partial charge in [-0.3, -0.25) is 0 Å². The largest absolute Gasteiger partial charge is 0.394 e. The summed E-state index contributed by atoms with van der Waals surface area (Å²) in [6.07, 6.45) is 20.7. The smallest absolute Gasteiger partial charge is 0.114 e. The summed E-state index contributed by atoms with van der Waals surface area (Å²) in [7, 11) is 0. The molecule has 0 aromatic heterocycles. The Bertz CT molecular complexity index is 401. The van der Waals surface area contributed by atoms with Crippen LogP contribution in [0.5, 0.6) is 0 Å². The van der Waals surface area contributed by atoms with Crippen LogP contribution < -0.4 is 0 Å². The van der Waals surface area contributed by atoms with Crippen LogP contribution in [0.4, 0.5) is 0 Å². The van der Waals surface area contributed by atoms with Crippen LogP contribution in [0.2, 0.25) is 0 Å². The number of aliphatic hydroxyl groups is 3. The Balaban J connectivity index is 1.85. The van der Waals surface area contributed by atoms with E-state index < -0.39 is 24.4 Å². The number of hydrogen-bond acceptors (Lipinski definition) is 5. The van der Waals surface area contributed by atoms with Gasteiger partial charge in [0.25, 0.3) is 0 Å². The fourth-order valence-electron chi connectivity index (χ4n) is 3.97. The van der Waals surface area contributed by atoms with Gasteiger partial charge in [-0.2, -0.15) is 0 Å². The maximum atomic E-state index is 10.1. The molecule has 1 saturated heterocycles. The van der Waals surface area contributed by atoms with E-state index in [1.165, 1.54) is 83.5 Å². The number of unbranched alkanes of at least 4 members (excludes halogenated alkanes) is 13. The average molecular weight is 429 g/mol. The Hall–Kier alpha value is -0.460. The lowest BCUT2D eigenvalue weighted by Gasteiger charge is -2.37. The van der Waals surface area contributed by atoms with Crippen LogP contribution >= 0.6 is 0 Å². The van der Waals surface area contributed by atoms with E-state index in [0.29, 0.717) is 6.61 Å². The van der Waals surface area contributed by atoms with Crippen molar-refractivity contribution in [2.45, 2.75) is 128 Å². The molecule has 1 rings (SSSR count). The van der Waals surface area contributed by atoms with Crippen LogP contribution in [0.1, 0.15) is 103 Å². The molecule has 0 amide bonds. The van der Waals surface area contributed by atoms with E-state index in [4.69, 9.17) is 14.6 Å². The van der Waals surface area contributed by atoms with Crippen molar-refractivity contribution < 1.29 is 24.8 Å². The molecule has 1 aliphatic rings. The predicted molar refractivity (Wildman–Crippen MR) is 123 cm³/mol. The molecule has 1 aliphatic heterocycles. The van der Waals surface area contributed by atoms with Gasteiger partial charge in [-0.15, -0.1) is 0 Å². The van der Waals surface area contributed by atoms with E-state index in [1.54, 1.807) is 0 Å². The van der Waals surface area contributed by atoms with E-state index in [-0.39, 0.29) is 13.2 Å². The molecule has 1 heterocycles. The molecule has 0 spiro atoms. The minimum absolute atomic E-state index is 0.0977. The highest BCUT2D eigenvalue weighted by Gasteiger charge is 2.38. The van der Waals surface area contributed by atoms with Gasteiger partial charge >= 0.3 is 0 Å². The zero-order chi connectivity index (χ0) is 21.9. The topological polar surface area (TPSA) is 79.2 Å². The quantitative estimate of drug-likeness (QED) is 0.201. The Labute approximate surface area is 184 Å². The number of allylic oxidation sites excluding steroid dienone is 2. The van der Waals surface area contributed by atoms with Crippen molar-refractivity contribution >= 4 is 0 Å². The SMILES string of the molecule is CCCCCCCCC/C=C/CCCCCCCCO[C@@H]1[C@@H](O)[C@H](CO)OC[C@H]1O. The third kappa shape index (κ3) is 13.1. The van der Waals surface area contributed by atoms with Gasteiger partial charge in [0, 0.05) is 6.61 Å². The van der Waals surface area contributed by atoms with E-state index in [2.05, 4.69) is 19.1 Å². The van der Waals surface area contributed by atoms with Crippen molar-refractivity contribution in [1.82, 2.24) is 0 Å². The third-order valence-corrected chi connectivity index (χ3v) is 5.97. The first-order valence-electron chi connectivity index (χ1n) is 12.6. The van der Waals surface area contributed by atoms with Crippen molar-refractivity contribution in [2.75, 3.05) is 19.8 Å². The van der Waals surface area contributed by atoms with Crippen molar-refractivity contribution in [3.8, 4) is 0 Å². The highest BCUT2D eigenvalue weighted by atomic mass is 16.6. The zero-order valence-electron chi connectivity index (χ0n) is 19.4. The van der Waals surface area contributed by atoms with Crippen LogP contribution in [-0.4, -0.2) is 59.6 Å². The first kappa shape index (κ1) is 27.6. The summed E-state index contributed by atoms with van der Waals surface area (Å²) in [4.78, 5) is 0. The van der Waals surface area contributed by atoms with Gasteiger partial charge < -0.3 is 24.8 Å². The standard InChI is InChI=1S/C25H48O5/c1-2-3-4-5-6-7-8-9-10-11-12-13-14-15-16-17-18-19-29-25-22(27)21-30-23(20-26)24(25)28/h10-11,22-28H,2-9,12-21H2,1H3/b11-10+/t22-,23+,24+,25+/m1/s1. The first-order chi connectivity index (χ1) is 14.7. The van der Waals surface area contributed by atoms with E-state index in [9.17, 15) is 10.2 Å². The van der Waals surface area contributed by atoms with Gasteiger partial charge in [-0.05, 0) is 32.1 Å². The molecular weight excluding hydrogens is 380 g/mol. The first-order valence-corrected chi connectivity index (χ1v) is 12.6. The third-order valence-electron chi connectivity index (χ3n) is 5.97. The molecule has 0 unspecified atom stereocenters. The Kier molecular flexibility index (Phi) is 17.7. The summed E-state index contributed by atoms with van der Waals surface area (Å²) >= 11 is 0. The van der Waals surface area contributed by atoms with E-state index >= 15 is 0 Å². The summed E-state index contributed by atoms with van der Waals surface area (Å²) in [5.74, 6) is 0. The minimum atomic E-state index is -0.974. The monoisotopic (exact) mass is 428 g/mol. The zero-order valence-corrected chi connectivity index (χ0v) is 19.4. The van der Waals surface area contributed by atoms with Gasteiger partial charge in [0.1, 0.15) is 24.4 Å². The van der Waals surface area contributed by atoms with E-state index in [0.717, 1.165) is 12.8 Å². The van der Waals surface area contributed by atoms with Gasteiger partial charge in [-0.25, -0.2) is 0 Å². The maximum Gasteiger partial charge on any atom is 0.114 e. The second-order valence-electron chi connectivity index (χ2n) is 8.74. The van der Waals surface area contributed by atoms with Gasteiger partial charge in [0.05, 0.1) is 13.2 Å². The summed E-state index contributed by atoms with van der Waals surface area (Å²) in [6, 6.07) is 0. The summed E-state index contributed by atoms with van der Waals surface area (Å²) in [5, 5.41) is 29.1. The molecule has 5 nitrogen and oxygen atoms in total. The highest BCUT2D eigenvalue weighted by Crippen LogP contribution is 2.19. The van der Waals surface area contributed by atoms with Gasteiger partial charge in [0.2, 0.25) is 0 Å². The summed E-state index contributed by atoms with van der Waals surface area (Å²) in [5.41, 5.74) is 0. The maximum absolute atomic E-state index is 10.1. The molecule has 1 fully saturated rings. The Morgan fingerprint density at radius 1 is 0.800 bits per heavy atom. The molecule has 0 bridgehead atoms. The minimum Gasteiger partial charge on any atom is -0.394 e. The lowest BCUT2D eigenvalue weighted by molar-refractivity contribution is -0.210. The molecule has 3 N–H and O–H groups in total. The Morgan fingerprint density at radius 3 is 1.90 bits per heavy atom. The van der Waals surface area contributed by atoms with E-state index in [1.807, 2.05) is 0 Å². The van der Waals surface area contributed by atoms with Crippen LogP contribution in [0, 0.1) is 0 Å². The predicted octanol–water partition coefficient (Wildman–Crippen LogP) is 4.91. The fraction of sp³-hybridized carbons (Fsp3) is 0.920.